The fraction of sp³-hybridized carbons (Fsp3) is 0. The van der Waals surface area contributed by atoms with Gasteiger partial charge in [0.1, 0.15) is 0 Å². The van der Waals surface area contributed by atoms with Crippen LogP contribution in [0.5, 0.6) is 0 Å². The highest BCUT2D eigenvalue weighted by molar-refractivity contribution is 7.80. The van der Waals surface area contributed by atoms with Crippen molar-refractivity contribution in [2.75, 3.05) is 0 Å². The molecule has 0 aromatic rings. The van der Waals surface area contributed by atoms with Crippen molar-refractivity contribution in [2.45, 2.75) is 0 Å². The zero-order chi connectivity index (χ0) is 9.00. The van der Waals surface area contributed by atoms with Gasteiger partial charge < -0.3 is 15.3 Å². The van der Waals surface area contributed by atoms with Gasteiger partial charge in [-0.3, -0.25) is 9.11 Å². The van der Waals surface area contributed by atoms with Crippen LogP contribution in [-0.2, 0) is 20.8 Å². The third kappa shape index (κ3) is 6390. The molecule has 0 aliphatic rings. The molecular formula is H6NO8S2-. The molecule has 0 heterocycles. The third-order valence-electron chi connectivity index (χ3n) is 0. The molecule has 0 rings (SSSR count). The summed E-state index contributed by atoms with van der Waals surface area (Å²) in [4.78, 5) is 0. The predicted molar refractivity (Wildman–Crippen MR) is 30.6 cm³/mol. The van der Waals surface area contributed by atoms with Crippen LogP contribution in [0.4, 0.5) is 0 Å². The van der Waals surface area contributed by atoms with Crippen LogP contribution in [0.2, 0.25) is 0 Å². The normalized spacial score (nSPS) is 10.5. The molecule has 0 fully saturated rings. The van der Waals surface area contributed by atoms with Crippen molar-refractivity contribution in [1.29, 1.82) is 0 Å². The van der Waals surface area contributed by atoms with Crippen LogP contribution in [-0.4, -0.2) is 35.0 Å². The maximum absolute atomic E-state index is 8.63. The van der Waals surface area contributed by atoms with Crippen molar-refractivity contribution < 1.29 is 35.0 Å². The summed E-state index contributed by atoms with van der Waals surface area (Å²) in [7, 11) is -9.83. The Morgan fingerprint density at radius 1 is 0.818 bits per heavy atom. The Balaban J connectivity index is -0.000000107. The molecular weight excluding hydrogens is 206 g/mol. The molecule has 0 atom stereocenters. The summed E-state index contributed by atoms with van der Waals surface area (Å²) < 4.78 is 65.7. The van der Waals surface area contributed by atoms with Crippen LogP contribution < -0.4 is 6.15 Å². The van der Waals surface area contributed by atoms with Crippen LogP contribution >= 0.6 is 0 Å². The van der Waals surface area contributed by atoms with Gasteiger partial charge in [0.15, 0.2) is 0 Å². The number of quaternary nitrogens is 1. The predicted octanol–water partition coefficient (Wildman–Crippen LogP) is -1.61. The van der Waals surface area contributed by atoms with Crippen LogP contribution in [0, 0.1) is 0 Å². The molecule has 6 N–H and O–H groups in total. The minimum absolute atomic E-state index is 0. The van der Waals surface area contributed by atoms with E-state index in [1.165, 1.54) is 0 Å². The fourth-order valence-electron chi connectivity index (χ4n) is 0. The molecule has 0 saturated heterocycles. The van der Waals surface area contributed by atoms with Gasteiger partial charge in [0.05, 0.1) is 0 Å². The van der Waals surface area contributed by atoms with Crippen molar-refractivity contribution >= 4 is 20.8 Å². The molecule has 72 valence electrons. The van der Waals surface area contributed by atoms with Crippen LogP contribution in [0.15, 0.2) is 0 Å². The highest BCUT2D eigenvalue weighted by atomic mass is 32.3. The van der Waals surface area contributed by atoms with E-state index < -0.39 is 20.8 Å². The molecule has 0 bridgehead atoms. The molecule has 0 saturated carbocycles. The van der Waals surface area contributed by atoms with E-state index in [2.05, 4.69) is 0 Å². The quantitative estimate of drug-likeness (QED) is 0.315. The summed E-state index contributed by atoms with van der Waals surface area (Å²) in [5.74, 6) is 0. The van der Waals surface area contributed by atoms with Gasteiger partial charge in [-0.15, -0.1) is 0 Å². The molecule has 0 aromatic heterocycles. The summed E-state index contributed by atoms with van der Waals surface area (Å²) in [6.45, 7) is 0. The molecule has 11 heavy (non-hydrogen) atoms. The van der Waals surface area contributed by atoms with Gasteiger partial charge in [-0.25, -0.2) is 16.8 Å². The minimum Gasteiger partial charge on any atom is -0.726 e. The summed E-state index contributed by atoms with van der Waals surface area (Å²) in [5.41, 5.74) is 0. The largest absolute Gasteiger partial charge is 0.726 e. The lowest BCUT2D eigenvalue weighted by atomic mass is 14.0. The SMILES string of the molecule is O=S(=O)([O-])O.O=S(=O)([O-])O.[NH4+]. The topological polar surface area (TPSA) is 191 Å². The monoisotopic (exact) mass is 212 g/mol. The fourth-order valence-corrected chi connectivity index (χ4v) is 0. The van der Waals surface area contributed by atoms with Gasteiger partial charge in [-0.05, 0) is 0 Å². The molecule has 0 amide bonds. The van der Waals surface area contributed by atoms with Crippen molar-refractivity contribution in [3.05, 3.63) is 0 Å². The lowest BCUT2D eigenvalue weighted by Crippen LogP contribution is -1.90. The smallest absolute Gasteiger partial charge is 0.215 e. The average molecular weight is 212 g/mol. The molecule has 0 aliphatic heterocycles. The van der Waals surface area contributed by atoms with Crippen LogP contribution in [0.1, 0.15) is 0 Å². The summed E-state index contributed by atoms with van der Waals surface area (Å²) in [6.07, 6.45) is 0. The Bertz CT molecular complexity index is 208. The lowest BCUT2D eigenvalue weighted by Gasteiger charge is -1.88. The van der Waals surface area contributed by atoms with E-state index in [9.17, 15) is 0 Å². The first-order valence-corrected chi connectivity index (χ1v) is 4.10. The highest BCUT2D eigenvalue weighted by Gasteiger charge is 1.68. The Kier molecular flexibility index (Phi) is 8.28. The van der Waals surface area contributed by atoms with Gasteiger partial charge in [0.25, 0.3) is 0 Å². The second-order valence-electron chi connectivity index (χ2n) is 0.855. The van der Waals surface area contributed by atoms with Crippen LogP contribution in [0.3, 0.4) is 0 Å². The van der Waals surface area contributed by atoms with E-state index in [-0.39, 0.29) is 6.15 Å². The Hall–Kier alpha value is -0.300. The second kappa shape index (κ2) is 5.36. The molecule has 0 unspecified atom stereocenters. The maximum Gasteiger partial charge on any atom is 0.215 e. The van der Waals surface area contributed by atoms with E-state index in [4.69, 9.17) is 35.0 Å². The number of rotatable bonds is 0. The first kappa shape index (κ1) is 17.0. The number of hydrogen-bond donors (Lipinski definition) is 3. The lowest BCUT2D eigenvalue weighted by molar-refractivity contribution is 0.363. The number of hydrogen-bond acceptors (Lipinski definition) is 6. The summed E-state index contributed by atoms with van der Waals surface area (Å²) in [6, 6.07) is 0. The van der Waals surface area contributed by atoms with Gasteiger partial charge in [0, 0.05) is 0 Å². The Morgan fingerprint density at radius 2 is 0.818 bits per heavy atom. The van der Waals surface area contributed by atoms with Gasteiger partial charge in [-0.1, -0.05) is 0 Å². The van der Waals surface area contributed by atoms with E-state index in [0.29, 0.717) is 0 Å². The molecule has 0 spiro atoms. The minimum atomic E-state index is -4.92. The molecule has 11 heteroatoms. The first-order chi connectivity index (χ1) is 4.00. The van der Waals surface area contributed by atoms with E-state index in [0.717, 1.165) is 0 Å². The molecule has 0 aliphatic carbocycles. The highest BCUT2D eigenvalue weighted by Crippen LogP contribution is 1.58. The maximum atomic E-state index is 8.63. The van der Waals surface area contributed by atoms with Crippen LogP contribution in [0.25, 0.3) is 0 Å². The van der Waals surface area contributed by atoms with Gasteiger partial charge in [-0.2, -0.15) is 0 Å². The molecule has 0 aromatic carbocycles. The summed E-state index contributed by atoms with van der Waals surface area (Å²) >= 11 is 0. The standard InChI is InChI=1S/H3N.2H2O4S/c;2*1-5(2,3)4/h1H3;2*(H2,1,2,3,4)/p-1. The van der Waals surface area contributed by atoms with E-state index in [1.54, 1.807) is 0 Å². The second-order valence-corrected chi connectivity index (χ2v) is 2.57. The molecule has 9 nitrogen and oxygen atoms in total. The average Bonchev–Trinajstić information content (AvgIpc) is 1.12. The van der Waals surface area contributed by atoms with Gasteiger partial charge in [0.2, 0.25) is 20.8 Å². The third-order valence-corrected chi connectivity index (χ3v) is 0. The van der Waals surface area contributed by atoms with Gasteiger partial charge >= 0.3 is 0 Å². The van der Waals surface area contributed by atoms with E-state index >= 15 is 0 Å². The van der Waals surface area contributed by atoms with Crippen molar-refractivity contribution in [2.24, 2.45) is 0 Å². The van der Waals surface area contributed by atoms with Crippen molar-refractivity contribution in [3.8, 4) is 0 Å². The Morgan fingerprint density at radius 3 is 0.818 bits per heavy atom. The zero-order valence-electron chi connectivity index (χ0n) is 5.16. The Labute approximate surface area is 62.8 Å². The van der Waals surface area contributed by atoms with Crippen molar-refractivity contribution in [1.82, 2.24) is 6.15 Å². The molecule has 0 radical (unpaired) electrons. The summed E-state index contributed by atoms with van der Waals surface area (Å²) in [5, 5.41) is 0. The van der Waals surface area contributed by atoms with E-state index in [1.807, 2.05) is 0 Å². The zero-order valence-corrected chi connectivity index (χ0v) is 6.79. The first-order valence-electron chi connectivity index (χ1n) is 1.37. The van der Waals surface area contributed by atoms with Crippen molar-refractivity contribution in [3.63, 3.8) is 0 Å².